The minimum absolute atomic E-state index is 0.251. The van der Waals surface area contributed by atoms with Crippen LogP contribution in [0.1, 0.15) is 12.7 Å². The van der Waals surface area contributed by atoms with Gasteiger partial charge in [0, 0.05) is 5.39 Å². The van der Waals surface area contributed by atoms with Crippen LogP contribution in [0.15, 0.2) is 35.3 Å². The Bertz CT molecular complexity index is 466. The number of phenolic OH excluding ortho intramolecular Hbond substituents is 1. The van der Waals surface area contributed by atoms with Gasteiger partial charge in [-0.1, -0.05) is 6.58 Å². The van der Waals surface area contributed by atoms with E-state index in [0.717, 1.165) is 22.3 Å². The molecule has 0 radical (unpaired) electrons. The Hall–Kier alpha value is -1.70. The first-order valence-electron chi connectivity index (χ1n) is 4.05. The first-order chi connectivity index (χ1) is 6.16. The molecule has 2 heteroatoms. The lowest BCUT2D eigenvalue weighted by Crippen LogP contribution is -1.66. The van der Waals surface area contributed by atoms with E-state index in [0.29, 0.717) is 0 Å². The summed E-state index contributed by atoms with van der Waals surface area (Å²) in [5.74, 6) is 1.02. The second-order valence-corrected chi connectivity index (χ2v) is 3.11. The highest BCUT2D eigenvalue weighted by Crippen LogP contribution is 2.26. The van der Waals surface area contributed by atoms with E-state index in [2.05, 4.69) is 6.58 Å². The molecule has 0 aliphatic heterocycles. The van der Waals surface area contributed by atoms with Crippen LogP contribution >= 0.6 is 0 Å². The molecule has 0 fully saturated rings. The molecule has 0 bridgehead atoms. The Balaban J connectivity index is 2.68. The molecule has 2 nitrogen and oxygen atoms in total. The average Bonchev–Trinajstić information content (AvgIpc) is 2.46. The highest BCUT2D eigenvalue weighted by atomic mass is 16.3. The molecule has 1 aromatic heterocycles. The number of fused-ring (bicyclic) bond motifs is 1. The maximum Gasteiger partial charge on any atom is 0.135 e. The van der Waals surface area contributed by atoms with Crippen molar-refractivity contribution >= 4 is 16.5 Å². The Morgan fingerprint density at radius 2 is 2.15 bits per heavy atom. The molecule has 0 atom stereocenters. The van der Waals surface area contributed by atoms with Gasteiger partial charge >= 0.3 is 0 Å². The number of furan rings is 1. The summed E-state index contributed by atoms with van der Waals surface area (Å²) >= 11 is 0. The summed E-state index contributed by atoms with van der Waals surface area (Å²) < 4.78 is 5.47. The lowest BCUT2D eigenvalue weighted by molar-refractivity contribution is 0.476. The van der Waals surface area contributed by atoms with Crippen molar-refractivity contribution in [3.8, 4) is 5.75 Å². The van der Waals surface area contributed by atoms with Crippen molar-refractivity contribution in [2.75, 3.05) is 0 Å². The van der Waals surface area contributed by atoms with E-state index in [1.165, 1.54) is 0 Å². The van der Waals surface area contributed by atoms with Crippen LogP contribution in [0, 0.1) is 0 Å². The molecule has 1 heterocycles. The van der Waals surface area contributed by atoms with Gasteiger partial charge in [-0.05, 0) is 36.8 Å². The Morgan fingerprint density at radius 1 is 1.38 bits per heavy atom. The number of aromatic hydroxyl groups is 1. The zero-order chi connectivity index (χ0) is 9.42. The monoisotopic (exact) mass is 174 g/mol. The van der Waals surface area contributed by atoms with Crippen LogP contribution in [-0.2, 0) is 0 Å². The van der Waals surface area contributed by atoms with Gasteiger partial charge < -0.3 is 9.52 Å². The number of phenols is 1. The number of hydrogen-bond donors (Lipinski definition) is 1. The molecule has 0 amide bonds. The molecule has 0 saturated heterocycles. The SMILES string of the molecule is C=C(C)c1cc2cc(O)ccc2o1. The van der Waals surface area contributed by atoms with Gasteiger partial charge in [-0.25, -0.2) is 0 Å². The minimum atomic E-state index is 0.251. The van der Waals surface area contributed by atoms with Crippen molar-refractivity contribution in [2.45, 2.75) is 6.92 Å². The van der Waals surface area contributed by atoms with E-state index < -0.39 is 0 Å². The fraction of sp³-hybridized carbons (Fsp3) is 0.0909. The molecule has 2 rings (SSSR count). The van der Waals surface area contributed by atoms with Crippen LogP contribution in [0.2, 0.25) is 0 Å². The maximum absolute atomic E-state index is 9.21. The van der Waals surface area contributed by atoms with Gasteiger partial charge in [0.2, 0.25) is 0 Å². The van der Waals surface area contributed by atoms with Gasteiger partial charge in [0.25, 0.3) is 0 Å². The summed E-state index contributed by atoms with van der Waals surface area (Å²) in [6.07, 6.45) is 0. The zero-order valence-corrected chi connectivity index (χ0v) is 7.37. The van der Waals surface area contributed by atoms with Crippen LogP contribution in [0.4, 0.5) is 0 Å². The predicted octanol–water partition coefficient (Wildman–Crippen LogP) is 3.17. The summed E-state index contributed by atoms with van der Waals surface area (Å²) in [6, 6.07) is 6.90. The average molecular weight is 174 g/mol. The van der Waals surface area contributed by atoms with Gasteiger partial charge in [-0.3, -0.25) is 0 Å². The smallest absolute Gasteiger partial charge is 0.135 e. The molecule has 0 unspecified atom stereocenters. The predicted molar refractivity (Wildman–Crippen MR) is 52.6 cm³/mol. The van der Waals surface area contributed by atoms with Crippen molar-refractivity contribution in [3.05, 3.63) is 36.6 Å². The number of rotatable bonds is 1. The third-order valence-electron chi connectivity index (χ3n) is 1.92. The highest BCUT2D eigenvalue weighted by Gasteiger charge is 2.03. The summed E-state index contributed by atoms with van der Waals surface area (Å²) in [4.78, 5) is 0. The van der Waals surface area contributed by atoms with Crippen molar-refractivity contribution in [1.82, 2.24) is 0 Å². The van der Waals surface area contributed by atoms with Crippen LogP contribution in [0.25, 0.3) is 16.5 Å². The van der Waals surface area contributed by atoms with E-state index in [4.69, 9.17) is 4.42 Å². The lowest BCUT2D eigenvalue weighted by atomic mass is 10.2. The highest BCUT2D eigenvalue weighted by molar-refractivity contribution is 5.82. The fourth-order valence-corrected chi connectivity index (χ4v) is 1.24. The third kappa shape index (κ3) is 1.31. The fourth-order valence-electron chi connectivity index (χ4n) is 1.24. The Morgan fingerprint density at radius 3 is 2.85 bits per heavy atom. The second-order valence-electron chi connectivity index (χ2n) is 3.11. The molecule has 1 N–H and O–H groups in total. The summed E-state index contributed by atoms with van der Waals surface area (Å²) in [5.41, 5.74) is 1.66. The maximum atomic E-state index is 9.21. The first kappa shape index (κ1) is 7.92. The number of allylic oxidation sites excluding steroid dienone is 1. The van der Waals surface area contributed by atoms with Crippen molar-refractivity contribution in [2.24, 2.45) is 0 Å². The third-order valence-corrected chi connectivity index (χ3v) is 1.92. The van der Waals surface area contributed by atoms with Crippen LogP contribution in [0.5, 0.6) is 5.75 Å². The molecular weight excluding hydrogens is 164 g/mol. The van der Waals surface area contributed by atoms with E-state index in [9.17, 15) is 5.11 Å². The van der Waals surface area contributed by atoms with Crippen molar-refractivity contribution < 1.29 is 9.52 Å². The molecule has 13 heavy (non-hydrogen) atoms. The Labute approximate surface area is 76.1 Å². The van der Waals surface area contributed by atoms with Gasteiger partial charge in [0.1, 0.15) is 17.1 Å². The van der Waals surface area contributed by atoms with E-state index >= 15 is 0 Å². The van der Waals surface area contributed by atoms with Crippen LogP contribution in [-0.4, -0.2) is 5.11 Å². The van der Waals surface area contributed by atoms with Gasteiger partial charge in [-0.2, -0.15) is 0 Å². The quantitative estimate of drug-likeness (QED) is 0.720. The molecule has 66 valence electrons. The second kappa shape index (κ2) is 2.66. The molecular formula is C11H10O2. The van der Waals surface area contributed by atoms with Gasteiger partial charge in [-0.15, -0.1) is 0 Å². The molecule has 1 aromatic carbocycles. The first-order valence-corrected chi connectivity index (χ1v) is 4.05. The molecule has 0 aliphatic carbocycles. The largest absolute Gasteiger partial charge is 0.508 e. The summed E-state index contributed by atoms with van der Waals surface area (Å²) in [5, 5.41) is 10.1. The Kier molecular flexibility index (Phi) is 1.62. The van der Waals surface area contributed by atoms with Gasteiger partial charge in [0.05, 0.1) is 0 Å². The van der Waals surface area contributed by atoms with Crippen molar-refractivity contribution in [1.29, 1.82) is 0 Å². The number of hydrogen-bond acceptors (Lipinski definition) is 2. The van der Waals surface area contributed by atoms with Gasteiger partial charge in [0.15, 0.2) is 0 Å². The minimum Gasteiger partial charge on any atom is -0.508 e. The topological polar surface area (TPSA) is 33.4 Å². The molecule has 0 aliphatic rings. The van der Waals surface area contributed by atoms with E-state index in [1.54, 1.807) is 18.2 Å². The molecule has 0 saturated carbocycles. The normalized spacial score (nSPS) is 10.5. The summed E-state index contributed by atoms with van der Waals surface area (Å²) in [6.45, 7) is 5.67. The molecule has 0 spiro atoms. The van der Waals surface area contributed by atoms with E-state index in [1.807, 2.05) is 13.0 Å². The van der Waals surface area contributed by atoms with Crippen LogP contribution in [0.3, 0.4) is 0 Å². The van der Waals surface area contributed by atoms with Crippen molar-refractivity contribution in [3.63, 3.8) is 0 Å². The zero-order valence-electron chi connectivity index (χ0n) is 7.37. The standard InChI is InChI=1S/C11H10O2/c1-7(2)11-6-8-5-9(12)3-4-10(8)13-11/h3-6,12H,1H2,2H3. The van der Waals surface area contributed by atoms with Crippen LogP contribution < -0.4 is 0 Å². The number of benzene rings is 1. The lowest BCUT2D eigenvalue weighted by Gasteiger charge is -1.89. The summed E-state index contributed by atoms with van der Waals surface area (Å²) in [7, 11) is 0. The molecule has 2 aromatic rings. The van der Waals surface area contributed by atoms with E-state index in [-0.39, 0.29) is 5.75 Å².